The number of halogens is 1. The Labute approximate surface area is 173 Å². The first-order valence-corrected chi connectivity index (χ1v) is 9.59. The van der Waals surface area contributed by atoms with Crippen LogP contribution in [-0.4, -0.2) is 24.9 Å². The Kier molecular flexibility index (Phi) is 7.10. The quantitative estimate of drug-likeness (QED) is 0.499. The minimum absolute atomic E-state index is 0.125. The second-order valence-electron chi connectivity index (χ2n) is 6.68. The maximum absolute atomic E-state index is 12.4. The molecule has 2 heterocycles. The van der Waals surface area contributed by atoms with Crippen molar-refractivity contribution in [1.82, 2.24) is 5.32 Å². The number of rotatable bonds is 9. The lowest BCUT2D eigenvalue weighted by Crippen LogP contribution is -3.10. The highest BCUT2D eigenvalue weighted by Crippen LogP contribution is 2.22. The molecule has 2 aromatic heterocycles. The van der Waals surface area contributed by atoms with Crippen molar-refractivity contribution in [3.05, 3.63) is 77.1 Å². The smallest absolute Gasteiger partial charge is 0.275 e. The third kappa shape index (κ3) is 6.23. The molecule has 0 unspecified atom stereocenters. The first-order chi connectivity index (χ1) is 14.0. The Morgan fingerprint density at radius 2 is 1.62 bits per heavy atom. The molecule has 8 heteroatoms. The van der Waals surface area contributed by atoms with Gasteiger partial charge in [-0.3, -0.25) is 9.59 Å². The molecule has 0 saturated carbocycles. The topological polar surface area (TPSA) is 88.9 Å². The van der Waals surface area contributed by atoms with Crippen molar-refractivity contribution in [1.29, 1.82) is 0 Å². The molecule has 0 aliphatic carbocycles. The molecule has 1 aromatic carbocycles. The molecule has 3 rings (SSSR count). The van der Waals surface area contributed by atoms with Gasteiger partial charge in [0.2, 0.25) is 5.91 Å². The molecule has 0 aliphatic heterocycles. The Bertz CT molecular complexity index is 903. The lowest BCUT2D eigenvalue weighted by Gasteiger charge is -2.17. The fourth-order valence-corrected chi connectivity index (χ4v) is 3.09. The first-order valence-electron chi connectivity index (χ1n) is 9.21. The van der Waals surface area contributed by atoms with Gasteiger partial charge in [0.1, 0.15) is 13.1 Å². The van der Waals surface area contributed by atoms with Gasteiger partial charge < -0.3 is 24.4 Å². The summed E-state index contributed by atoms with van der Waals surface area (Å²) in [6, 6.07) is 12.6. The van der Waals surface area contributed by atoms with Crippen molar-refractivity contribution in [2.24, 2.45) is 0 Å². The van der Waals surface area contributed by atoms with Gasteiger partial charge in [0.25, 0.3) is 5.91 Å². The molecule has 3 N–H and O–H groups in total. The summed E-state index contributed by atoms with van der Waals surface area (Å²) in [5, 5.41) is 5.99. The lowest BCUT2D eigenvalue weighted by atomic mass is 10.2. The van der Waals surface area contributed by atoms with E-state index in [4.69, 9.17) is 20.4 Å². The van der Waals surface area contributed by atoms with Crippen molar-refractivity contribution in [2.75, 3.05) is 18.4 Å². The van der Waals surface area contributed by atoms with Gasteiger partial charge in [-0.05, 0) is 48.9 Å². The Morgan fingerprint density at radius 3 is 2.21 bits per heavy atom. The summed E-state index contributed by atoms with van der Waals surface area (Å²) >= 11 is 6.06. The molecule has 152 valence electrons. The molecule has 0 saturated heterocycles. The summed E-state index contributed by atoms with van der Waals surface area (Å²) in [5.41, 5.74) is 1.40. The van der Waals surface area contributed by atoms with Crippen LogP contribution in [0.15, 0.2) is 63.8 Å². The average Bonchev–Trinajstić information content (AvgIpc) is 3.38. The first kappa shape index (κ1) is 20.7. The Hall–Kier alpha value is -3.03. The number of furan rings is 2. The number of hydrogen-bond donors (Lipinski definition) is 3. The molecular weight excluding hydrogens is 394 g/mol. The molecule has 0 spiro atoms. The van der Waals surface area contributed by atoms with E-state index in [9.17, 15) is 9.59 Å². The van der Waals surface area contributed by atoms with E-state index < -0.39 is 0 Å². The van der Waals surface area contributed by atoms with E-state index in [0.29, 0.717) is 23.8 Å². The van der Waals surface area contributed by atoms with E-state index in [-0.39, 0.29) is 24.9 Å². The van der Waals surface area contributed by atoms with Crippen molar-refractivity contribution in [3.8, 4) is 0 Å². The number of benzene rings is 1. The molecule has 7 nitrogen and oxygen atoms in total. The van der Waals surface area contributed by atoms with Crippen LogP contribution in [0.5, 0.6) is 0 Å². The van der Waals surface area contributed by atoms with E-state index in [0.717, 1.165) is 22.0 Å². The number of carbonyl (C=O) groups excluding carboxylic acids is 2. The lowest BCUT2D eigenvalue weighted by molar-refractivity contribution is -0.921. The van der Waals surface area contributed by atoms with E-state index >= 15 is 0 Å². The van der Waals surface area contributed by atoms with E-state index in [1.54, 1.807) is 30.7 Å². The van der Waals surface area contributed by atoms with Crippen LogP contribution >= 0.6 is 11.6 Å². The molecule has 29 heavy (non-hydrogen) atoms. The molecule has 0 bridgehead atoms. The molecular formula is C21H23ClN3O4+. The van der Waals surface area contributed by atoms with Crippen LogP contribution in [0.3, 0.4) is 0 Å². The third-order valence-corrected chi connectivity index (χ3v) is 4.82. The van der Waals surface area contributed by atoms with Crippen molar-refractivity contribution < 1.29 is 23.3 Å². The second kappa shape index (κ2) is 9.95. The van der Waals surface area contributed by atoms with Gasteiger partial charge in [-0.1, -0.05) is 17.7 Å². The Morgan fingerprint density at radius 1 is 0.966 bits per heavy atom. The van der Waals surface area contributed by atoms with Crippen molar-refractivity contribution in [3.63, 3.8) is 0 Å². The van der Waals surface area contributed by atoms with Crippen LogP contribution in [0.25, 0.3) is 0 Å². The van der Waals surface area contributed by atoms with Gasteiger partial charge >= 0.3 is 0 Å². The SMILES string of the molecule is Cc1c(Cl)cccc1NC(=O)CNC(=O)C[NH+](Cc1ccco1)Cc1ccco1. The van der Waals surface area contributed by atoms with Crippen LogP contribution in [0.2, 0.25) is 5.02 Å². The third-order valence-electron chi connectivity index (χ3n) is 4.41. The van der Waals surface area contributed by atoms with E-state index in [1.165, 1.54) is 0 Å². The van der Waals surface area contributed by atoms with Crippen LogP contribution < -0.4 is 15.5 Å². The molecule has 3 aromatic rings. The average molecular weight is 417 g/mol. The zero-order chi connectivity index (χ0) is 20.6. The van der Waals surface area contributed by atoms with E-state index in [2.05, 4.69) is 10.6 Å². The van der Waals surface area contributed by atoms with Crippen LogP contribution in [0, 0.1) is 6.92 Å². The summed E-state index contributed by atoms with van der Waals surface area (Å²) in [6.45, 7) is 2.91. The number of carbonyl (C=O) groups is 2. The zero-order valence-electron chi connectivity index (χ0n) is 16.0. The monoisotopic (exact) mass is 416 g/mol. The second-order valence-corrected chi connectivity index (χ2v) is 7.08. The predicted octanol–water partition coefficient (Wildman–Crippen LogP) is 2.17. The molecule has 0 aliphatic rings. The largest absolute Gasteiger partial charge is 0.463 e. The Balaban J connectivity index is 1.52. The fourth-order valence-electron chi connectivity index (χ4n) is 2.91. The number of hydrogen-bond acceptors (Lipinski definition) is 4. The standard InChI is InChI=1S/C21H22ClN3O4/c1-15-18(22)7-2-8-19(15)24-20(26)11-23-21(27)14-25(12-16-5-3-9-28-16)13-17-6-4-10-29-17/h2-10H,11-14H2,1H3,(H,23,27)(H,24,26)/p+1. The fraction of sp³-hybridized carbons (Fsp3) is 0.238. The van der Waals surface area contributed by atoms with Gasteiger partial charge in [0, 0.05) is 10.7 Å². The van der Waals surface area contributed by atoms with Gasteiger partial charge in [0.15, 0.2) is 18.1 Å². The van der Waals surface area contributed by atoms with Gasteiger partial charge in [0.05, 0.1) is 19.1 Å². The number of quaternary nitrogens is 1. The molecule has 0 atom stereocenters. The van der Waals surface area contributed by atoms with Crippen LogP contribution in [0.4, 0.5) is 5.69 Å². The highest BCUT2D eigenvalue weighted by molar-refractivity contribution is 6.31. The van der Waals surface area contributed by atoms with Crippen LogP contribution in [0.1, 0.15) is 17.1 Å². The van der Waals surface area contributed by atoms with Gasteiger partial charge in [-0.2, -0.15) is 0 Å². The summed E-state index contributed by atoms with van der Waals surface area (Å²) in [6.07, 6.45) is 3.20. The zero-order valence-corrected chi connectivity index (χ0v) is 16.8. The van der Waals surface area contributed by atoms with Gasteiger partial charge in [-0.15, -0.1) is 0 Å². The summed E-state index contributed by atoms with van der Waals surface area (Å²) < 4.78 is 10.8. The number of anilines is 1. The predicted molar refractivity (Wildman–Crippen MR) is 108 cm³/mol. The van der Waals surface area contributed by atoms with Crippen LogP contribution in [-0.2, 0) is 22.7 Å². The number of amides is 2. The maximum Gasteiger partial charge on any atom is 0.275 e. The summed E-state index contributed by atoms with van der Waals surface area (Å²) in [4.78, 5) is 25.5. The molecule has 0 fully saturated rings. The maximum atomic E-state index is 12.4. The number of nitrogens with one attached hydrogen (secondary N) is 3. The molecule has 0 radical (unpaired) electrons. The highest BCUT2D eigenvalue weighted by atomic mass is 35.5. The molecule has 2 amide bonds. The van der Waals surface area contributed by atoms with E-state index in [1.807, 2.05) is 31.2 Å². The minimum Gasteiger partial charge on any atom is -0.463 e. The minimum atomic E-state index is -0.317. The normalized spacial score (nSPS) is 10.9. The van der Waals surface area contributed by atoms with Gasteiger partial charge in [-0.25, -0.2) is 0 Å². The van der Waals surface area contributed by atoms with Crippen molar-refractivity contribution >= 4 is 29.1 Å². The summed E-state index contributed by atoms with van der Waals surface area (Å²) in [5.74, 6) is 0.987. The summed E-state index contributed by atoms with van der Waals surface area (Å²) in [7, 11) is 0. The van der Waals surface area contributed by atoms with Crippen molar-refractivity contribution in [2.45, 2.75) is 20.0 Å². The highest BCUT2D eigenvalue weighted by Gasteiger charge is 2.19.